The lowest BCUT2D eigenvalue weighted by Crippen LogP contribution is -2.61. The Morgan fingerprint density at radius 3 is 1.69 bits per heavy atom. The molecule has 1 saturated heterocycles. The molecular formula is C28H33NO6. The second kappa shape index (κ2) is 12.8. The van der Waals surface area contributed by atoms with Crippen molar-refractivity contribution in [3.63, 3.8) is 0 Å². The minimum absolute atomic E-state index is 0.241. The average Bonchev–Trinajstić information content (AvgIpc) is 2.91. The number of aliphatic hydroxyl groups excluding tert-OH is 1. The van der Waals surface area contributed by atoms with Gasteiger partial charge in [0.1, 0.15) is 24.4 Å². The molecule has 0 aromatic heterocycles. The number of methoxy groups -OCH3 is 1. The van der Waals surface area contributed by atoms with Crippen molar-refractivity contribution in [2.24, 2.45) is 0 Å². The second-order valence-electron chi connectivity index (χ2n) is 8.50. The van der Waals surface area contributed by atoms with Crippen LogP contribution >= 0.6 is 0 Å². The van der Waals surface area contributed by atoms with Gasteiger partial charge in [0.15, 0.2) is 6.29 Å². The Bertz CT molecular complexity index is 1000. The number of aliphatic hydroxyl groups is 1. The maximum Gasteiger partial charge on any atom is 0.186 e. The van der Waals surface area contributed by atoms with Gasteiger partial charge in [-0.15, -0.1) is 0 Å². The van der Waals surface area contributed by atoms with E-state index in [-0.39, 0.29) is 6.61 Å². The average molecular weight is 480 g/mol. The molecule has 0 spiro atoms. The van der Waals surface area contributed by atoms with E-state index in [1.54, 1.807) is 7.11 Å². The summed E-state index contributed by atoms with van der Waals surface area (Å²) in [5.74, 6) is 0. The summed E-state index contributed by atoms with van der Waals surface area (Å²) in [7, 11) is 1.55. The molecule has 1 aliphatic rings. The zero-order valence-corrected chi connectivity index (χ0v) is 19.9. The lowest BCUT2D eigenvalue weighted by Gasteiger charge is -2.45. The Balaban J connectivity index is 1.56. The molecule has 0 radical (unpaired) electrons. The van der Waals surface area contributed by atoms with Crippen LogP contribution in [0.5, 0.6) is 0 Å². The molecule has 0 aliphatic carbocycles. The van der Waals surface area contributed by atoms with E-state index in [0.29, 0.717) is 25.5 Å². The van der Waals surface area contributed by atoms with E-state index in [1.807, 2.05) is 84.9 Å². The fraction of sp³-hybridized carbons (Fsp3) is 0.357. The number of nitrogen functional groups attached to an aromatic ring is 1. The Kier molecular flexibility index (Phi) is 9.25. The topological polar surface area (TPSA) is 92.4 Å². The number of benzene rings is 3. The SMILES string of the molecule is CO[C@H]1O[C@H](CO)[C@@H](OCc2ccccc2)[C@H](OCc2ccccc2)[C@H]1OCc1ccc(N)cc1. The molecule has 7 heteroatoms. The molecule has 0 amide bonds. The van der Waals surface area contributed by atoms with Gasteiger partial charge < -0.3 is 34.5 Å². The number of rotatable bonds is 11. The van der Waals surface area contributed by atoms with Crippen molar-refractivity contribution in [1.29, 1.82) is 0 Å². The summed E-state index contributed by atoms with van der Waals surface area (Å²) in [6, 6.07) is 27.3. The van der Waals surface area contributed by atoms with Gasteiger partial charge in [-0.3, -0.25) is 0 Å². The first-order chi connectivity index (χ1) is 17.2. The van der Waals surface area contributed by atoms with Gasteiger partial charge in [0.05, 0.1) is 26.4 Å². The molecule has 3 aromatic rings. The van der Waals surface area contributed by atoms with Crippen molar-refractivity contribution in [3.05, 3.63) is 102 Å². The summed E-state index contributed by atoms with van der Waals surface area (Å²) in [5, 5.41) is 10.1. The molecule has 35 heavy (non-hydrogen) atoms. The van der Waals surface area contributed by atoms with E-state index in [0.717, 1.165) is 16.7 Å². The molecule has 0 unspecified atom stereocenters. The first kappa shape index (κ1) is 25.3. The Morgan fingerprint density at radius 2 is 1.17 bits per heavy atom. The summed E-state index contributed by atoms with van der Waals surface area (Å²) in [4.78, 5) is 0. The Morgan fingerprint density at radius 1 is 0.686 bits per heavy atom. The zero-order chi connectivity index (χ0) is 24.5. The normalized spacial score (nSPS) is 24.3. The van der Waals surface area contributed by atoms with Crippen LogP contribution in [-0.2, 0) is 43.5 Å². The molecule has 7 nitrogen and oxygen atoms in total. The fourth-order valence-electron chi connectivity index (χ4n) is 4.12. The minimum Gasteiger partial charge on any atom is -0.399 e. The molecule has 3 N–H and O–H groups in total. The summed E-state index contributed by atoms with van der Waals surface area (Å²) in [5.41, 5.74) is 9.50. The molecule has 1 aliphatic heterocycles. The third kappa shape index (κ3) is 6.89. The third-order valence-corrected chi connectivity index (χ3v) is 6.00. The highest BCUT2D eigenvalue weighted by atomic mass is 16.7. The molecule has 4 rings (SSSR count). The van der Waals surface area contributed by atoms with Gasteiger partial charge in [-0.05, 0) is 28.8 Å². The maximum absolute atomic E-state index is 10.1. The molecule has 3 aromatic carbocycles. The van der Waals surface area contributed by atoms with E-state index in [1.165, 1.54) is 0 Å². The first-order valence-electron chi connectivity index (χ1n) is 11.7. The van der Waals surface area contributed by atoms with Crippen LogP contribution in [0.3, 0.4) is 0 Å². The smallest absolute Gasteiger partial charge is 0.186 e. The van der Waals surface area contributed by atoms with E-state index in [2.05, 4.69) is 0 Å². The van der Waals surface area contributed by atoms with E-state index < -0.39 is 30.7 Å². The van der Waals surface area contributed by atoms with Crippen LogP contribution in [0, 0.1) is 0 Å². The van der Waals surface area contributed by atoms with Gasteiger partial charge in [0.2, 0.25) is 0 Å². The van der Waals surface area contributed by atoms with Crippen LogP contribution in [0.1, 0.15) is 16.7 Å². The Labute approximate surface area is 206 Å². The molecule has 1 heterocycles. The number of nitrogens with two attached hydrogens (primary N) is 1. The highest BCUT2D eigenvalue weighted by molar-refractivity contribution is 5.39. The van der Waals surface area contributed by atoms with Gasteiger partial charge in [-0.2, -0.15) is 0 Å². The van der Waals surface area contributed by atoms with Crippen molar-refractivity contribution >= 4 is 5.69 Å². The molecule has 0 saturated carbocycles. The molecular weight excluding hydrogens is 446 g/mol. The fourth-order valence-corrected chi connectivity index (χ4v) is 4.12. The summed E-state index contributed by atoms with van der Waals surface area (Å²) >= 11 is 0. The predicted molar refractivity (Wildman–Crippen MR) is 132 cm³/mol. The standard InChI is InChI=1S/C28H33NO6/c1-31-28-27(34-19-22-12-14-23(29)15-13-22)26(33-18-21-10-6-3-7-11-21)25(24(16-30)35-28)32-17-20-8-4-2-5-9-20/h2-15,24-28,30H,16-19,29H2,1H3/t24-,25-,26+,27-,28+/m1/s1. The lowest BCUT2D eigenvalue weighted by atomic mass is 9.98. The summed E-state index contributed by atoms with van der Waals surface area (Å²) < 4.78 is 30.7. The molecule has 5 atom stereocenters. The first-order valence-corrected chi connectivity index (χ1v) is 11.7. The quantitative estimate of drug-likeness (QED) is 0.405. The number of anilines is 1. The van der Waals surface area contributed by atoms with Crippen molar-refractivity contribution in [2.75, 3.05) is 19.5 Å². The van der Waals surface area contributed by atoms with E-state index in [9.17, 15) is 5.11 Å². The van der Waals surface area contributed by atoms with Gasteiger partial charge >= 0.3 is 0 Å². The van der Waals surface area contributed by atoms with Gasteiger partial charge in [-0.1, -0.05) is 72.8 Å². The molecule has 1 fully saturated rings. The predicted octanol–water partition coefficient (Wildman–Crippen LogP) is 3.69. The van der Waals surface area contributed by atoms with Crippen LogP contribution < -0.4 is 5.73 Å². The maximum atomic E-state index is 10.1. The van der Waals surface area contributed by atoms with Crippen LogP contribution in [0.25, 0.3) is 0 Å². The number of hydrogen-bond donors (Lipinski definition) is 2. The van der Waals surface area contributed by atoms with Crippen LogP contribution in [0.4, 0.5) is 5.69 Å². The third-order valence-electron chi connectivity index (χ3n) is 6.00. The Hall–Kier alpha value is -2.78. The largest absolute Gasteiger partial charge is 0.399 e. The molecule has 186 valence electrons. The van der Waals surface area contributed by atoms with Crippen molar-refractivity contribution in [2.45, 2.75) is 50.5 Å². The van der Waals surface area contributed by atoms with Gasteiger partial charge in [0.25, 0.3) is 0 Å². The highest BCUT2D eigenvalue weighted by Crippen LogP contribution is 2.30. The van der Waals surface area contributed by atoms with Crippen LogP contribution in [0.15, 0.2) is 84.9 Å². The minimum atomic E-state index is -0.738. The van der Waals surface area contributed by atoms with Crippen LogP contribution in [0.2, 0.25) is 0 Å². The highest BCUT2D eigenvalue weighted by Gasteiger charge is 2.48. The second-order valence-corrected chi connectivity index (χ2v) is 8.50. The zero-order valence-electron chi connectivity index (χ0n) is 19.9. The number of ether oxygens (including phenoxy) is 5. The van der Waals surface area contributed by atoms with Crippen molar-refractivity contribution < 1.29 is 28.8 Å². The molecule has 0 bridgehead atoms. The van der Waals surface area contributed by atoms with E-state index >= 15 is 0 Å². The van der Waals surface area contributed by atoms with Crippen molar-refractivity contribution in [1.82, 2.24) is 0 Å². The van der Waals surface area contributed by atoms with Gasteiger partial charge in [0, 0.05) is 12.8 Å². The summed E-state index contributed by atoms with van der Waals surface area (Å²) in [6.45, 7) is 0.773. The number of hydrogen-bond acceptors (Lipinski definition) is 7. The van der Waals surface area contributed by atoms with E-state index in [4.69, 9.17) is 29.4 Å². The van der Waals surface area contributed by atoms with Gasteiger partial charge in [-0.25, -0.2) is 0 Å². The van der Waals surface area contributed by atoms with Crippen molar-refractivity contribution in [3.8, 4) is 0 Å². The lowest BCUT2D eigenvalue weighted by molar-refractivity contribution is -0.321. The van der Waals surface area contributed by atoms with Crippen LogP contribution in [-0.4, -0.2) is 49.5 Å². The monoisotopic (exact) mass is 479 g/mol. The summed E-state index contributed by atoms with van der Waals surface area (Å²) in [6.07, 6.45) is -3.10.